The minimum atomic E-state index is -0.614. The Kier molecular flexibility index (Phi) is 10.6. The topological polar surface area (TPSA) is 91.5 Å². The molecule has 7 heteroatoms. The smallest absolute Gasteiger partial charge is 0.330 e. The van der Waals surface area contributed by atoms with Gasteiger partial charge in [0, 0.05) is 47.2 Å². The van der Waals surface area contributed by atoms with Crippen molar-refractivity contribution in [3.05, 3.63) is 59.7 Å². The summed E-state index contributed by atoms with van der Waals surface area (Å²) in [4.78, 5) is 20.5. The first-order chi connectivity index (χ1) is 13.1. The summed E-state index contributed by atoms with van der Waals surface area (Å²) in [5.74, 6) is -0.0896. The predicted molar refractivity (Wildman–Crippen MR) is 106 cm³/mol. The maximum atomic E-state index is 11.9. The summed E-state index contributed by atoms with van der Waals surface area (Å²) in [6.07, 6.45) is 5.19. The predicted octanol–water partition coefficient (Wildman–Crippen LogP) is 3.35. The molecule has 0 fully saturated rings. The number of phenolic OH excluding ortho intramolecular Hbond substituents is 2. The molecule has 1 atom stereocenters. The molecule has 0 bridgehead atoms. The zero-order chi connectivity index (χ0) is 19.5. The molecule has 0 amide bonds. The molecule has 28 heavy (non-hydrogen) atoms. The maximum absolute atomic E-state index is 11.9. The number of rotatable bonds is 9. The van der Waals surface area contributed by atoms with Crippen molar-refractivity contribution in [2.75, 3.05) is 13.7 Å². The van der Waals surface area contributed by atoms with Gasteiger partial charge in [-0.15, -0.1) is 0 Å². The second-order valence-corrected chi connectivity index (χ2v) is 5.97. The number of methoxy groups -OCH3 is 1. The van der Waals surface area contributed by atoms with Gasteiger partial charge >= 0.3 is 5.97 Å². The summed E-state index contributed by atoms with van der Waals surface area (Å²) in [6, 6.07) is 13.2. The van der Waals surface area contributed by atoms with E-state index in [0.29, 0.717) is 24.1 Å². The van der Waals surface area contributed by atoms with E-state index in [1.54, 1.807) is 48.7 Å². The van der Waals surface area contributed by atoms with Crippen LogP contribution in [-0.2, 0) is 26.6 Å². The molecule has 0 aliphatic rings. The van der Waals surface area contributed by atoms with E-state index in [4.69, 9.17) is 4.74 Å². The Morgan fingerprint density at radius 2 is 1.57 bits per heavy atom. The molecule has 6 nitrogen and oxygen atoms in total. The molecule has 0 aliphatic carbocycles. The fourth-order valence-corrected chi connectivity index (χ4v) is 2.46. The van der Waals surface area contributed by atoms with Gasteiger partial charge in [0.1, 0.15) is 17.5 Å². The van der Waals surface area contributed by atoms with Crippen LogP contribution in [0.1, 0.15) is 30.4 Å². The molecule has 0 heterocycles. The third kappa shape index (κ3) is 7.54. The SMILES string of the molecule is COC(=O)C(CCCCN=Cc1ccccc1O)N=Cc1ccccc1O.[Cu]. The number of hydrogen-bond donors (Lipinski definition) is 2. The molecular weight excluding hydrogens is 408 g/mol. The van der Waals surface area contributed by atoms with Crippen LogP contribution in [0.5, 0.6) is 11.5 Å². The number of aromatic hydroxyl groups is 2. The summed E-state index contributed by atoms with van der Waals surface area (Å²) in [5, 5.41) is 19.4. The quantitative estimate of drug-likeness (QED) is 0.275. The number of ether oxygens (including phenoxy) is 1. The van der Waals surface area contributed by atoms with E-state index in [1.165, 1.54) is 13.3 Å². The van der Waals surface area contributed by atoms with E-state index >= 15 is 0 Å². The van der Waals surface area contributed by atoms with E-state index in [-0.39, 0.29) is 28.6 Å². The molecule has 0 saturated carbocycles. The molecule has 0 aromatic heterocycles. The number of nitrogens with zero attached hydrogens (tertiary/aromatic N) is 2. The largest absolute Gasteiger partial charge is 0.507 e. The van der Waals surface area contributed by atoms with Gasteiger partial charge in [-0.1, -0.05) is 24.3 Å². The van der Waals surface area contributed by atoms with Crippen molar-refractivity contribution < 1.29 is 36.8 Å². The van der Waals surface area contributed by atoms with Crippen molar-refractivity contribution in [1.82, 2.24) is 0 Å². The molecule has 2 aromatic carbocycles. The van der Waals surface area contributed by atoms with E-state index in [2.05, 4.69) is 9.98 Å². The Labute approximate surface area is 175 Å². The minimum absolute atomic E-state index is 0. The van der Waals surface area contributed by atoms with Crippen LogP contribution in [-0.4, -0.2) is 48.3 Å². The van der Waals surface area contributed by atoms with Crippen molar-refractivity contribution in [2.24, 2.45) is 9.98 Å². The van der Waals surface area contributed by atoms with Crippen molar-refractivity contribution in [3.63, 3.8) is 0 Å². The second kappa shape index (κ2) is 12.7. The molecule has 2 rings (SSSR count). The van der Waals surface area contributed by atoms with Gasteiger partial charge in [0.05, 0.1) is 7.11 Å². The summed E-state index contributed by atoms with van der Waals surface area (Å²) in [7, 11) is 1.33. The van der Waals surface area contributed by atoms with Crippen LogP contribution in [0, 0.1) is 0 Å². The van der Waals surface area contributed by atoms with Crippen LogP contribution in [0.4, 0.5) is 0 Å². The first-order valence-electron chi connectivity index (χ1n) is 8.78. The Morgan fingerprint density at radius 1 is 1.00 bits per heavy atom. The fourth-order valence-electron chi connectivity index (χ4n) is 2.46. The molecule has 0 saturated heterocycles. The van der Waals surface area contributed by atoms with Gasteiger partial charge in [0.2, 0.25) is 0 Å². The van der Waals surface area contributed by atoms with Crippen LogP contribution in [0.15, 0.2) is 58.5 Å². The van der Waals surface area contributed by atoms with Crippen molar-refractivity contribution in [2.45, 2.75) is 25.3 Å². The van der Waals surface area contributed by atoms with Crippen molar-refractivity contribution in [3.8, 4) is 11.5 Å². The van der Waals surface area contributed by atoms with Gasteiger partial charge in [-0.05, 0) is 43.5 Å². The van der Waals surface area contributed by atoms with E-state index in [0.717, 1.165) is 12.8 Å². The number of para-hydroxylation sites is 2. The molecule has 0 spiro atoms. The van der Waals surface area contributed by atoms with E-state index in [9.17, 15) is 15.0 Å². The van der Waals surface area contributed by atoms with Crippen LogP contribution < -0.4 is 0 Å². The van der Waals surface area contributed by atoms with Crippen LogP contribution in [0.2, 0.25) is 0 Å². The number of phenols is 2. The molecule has 2 N–H and O–H groups in total. The first-order valence-corrected chi connectivity index (χ1v) is 8.78. The molecule has 0 aliphatic heterocycles. The number of carbonyl (C=O) groups is 1. The number of carbonyl (C=O) groups excluding carboxylic acids is 1. The third-order valence-electron chi connectivity index (χ3n) is 3.99. The second-order valence-electron chi connectivity index (χ2n) is 5.97. The molecule has 1 radical (unpaired) electrons. The normalized spacial score (nSPS) is 12.0. The monoisotopic (exact) mass is 431 g/mol. The molecule has 153 valence electrons. The van der Waals surface area contributed by atoms with Crippen molar-refractivity contribution in [1.29, 1.82) is 0 Å². The Balaban J connectivity index is 0.00000392. The number of hydrogen-bond acceptors (Lipinski definition) is 6. The van der Waals surface area contributed by atoms with E-state index < -0.39 is 12.0 Å². The fraction of sp³-hybridized carbons (Fsp3) is 0.286. The summed E-state index contributed by atoms with van der Waals surface area (Å²) in [5.41, 5.74) is 1.23. The summed E-state index contributed by atoms with van der Waals surface area (Å²) in [6.45, 7) is 0.589. The van der Waals surface area contributed by atoms with Gasteiger partial charge < -0.3 is 14.9 Å². The standard InChI is InChI=1S/C21H24N2O4.Cu/c1-27-21(26)18(23-15-17-9-3-5-12-20(17)25)10-6-7-13-22-14-16-8-2-4-11-19(16)24;/h2-5,8-9,11-12,14-15,18,24-25H,6-7,10,13H2,1H3;. The Morgan fingerprint density at radius 3 is 2.14 bits per heavy atom. The van der Waals surface area contributed by atoms with Gasteiger partial charge in [-0.25, -0.2) is 4.79 Å². The van der Waals surface area contributed by atoms with Gasteiger partial charge in [-0.2, -0.15) is 0 Å². The van der Waals surface area contributed by atoms with Crippen molar-refractivity contribution >= 4 is 18.4 Å². The number of benzene rings is 2. The molecule has 2 aromatic rings. The van der Waals surface area contributed by atoms with Crippen LogP contribution in [0.25, 0.3) is 0 Å². The average Bonchev–Trinajstić information content (AvgIpc) is 2.68. The average molecular weight is 432 g/mol. The molecule has 1 unspecified atom stereocenters. The Bertz CT molecular complexity index is 808. The van der Waals surface area contributed by atoms with Gasteiger partial charge in [0.15, 0.2) is 0 Å². The summed E-state index contributed by atoms with van der Waals surface area (Å²) < 4.78 is 4.81. The number of esters is 1. The van der Waals surface area contributed by atoms with Crippen LogP contribution in [0.3, 0.4) is 0 Å². The van der Waals surface area contributed by atoms with E-state index in [1.807, 2.05) is 6.07 Å². The van der Waals surface area contributed by atoms with Gasteiger partial charge in [0.25, 0.3) is 0 Å². The molecular formula is C21H24CuN2O4. The zero-order valence-corrected chi connectivity index (χ0v) is 16.5. The first kappa shape index (κ1) is 23.4. The minimum Gasteiger partial charge on any atom is -0.507 e. The number of aliphatic imine (C=N–C) groups is 2. The maximum Gasteiger partial charge on any atom is 0.330 e. The third-order valence-corrected chi connectivity index (χ3v) is 3.99. The zero-order valence-electron chi connectivity index (χ0n) is 15.6. The summed E-state index contributed by atoms with van der Waals surface area (Å²) >= 11 is 0. The van der Waals surface area contributed by atoms with Crippen LogP contribution >= 0.6 is 0 Å². The number of unbranched alkanes of at least 4 members (excludes halogenated alkanes) is 1. The Hall–Kier alpha value is -2.63. The van der Waals surface area contributed by atoms with Gasteiger partial charge in [-0.3, -0.25) is 9.98 Å².